The van der Waals surface area contributed by atoms with E-state index in [0.29, 0.717) is 23.0 Å². The van der Waals surface area contributed by atoms with Gasteiger partial charge in [0.2, 0.25) is 0 Å². The molecule has 2 rings (SSSR count). The molecule has 168 valence electrons. The highest BCUT2D eigenvalue weighted by atomic mass is 32.2. The van der Waals surface area contributed by atoms with Crippen LogP contribution in [0, 0.1) is 0 Å². The summed E-state index contributed by atoms with van der Waals surface area (Å²) in [6.07, 6.45) is -1.49. The molecule has 2 amide bonds. The lowest BCUT2D eigenvalue weighted by molar-refractivity contribution is 0.174. The van der Waals surface area contributed by atoms with E-state index < -0.39 is 12.2 Å². The zero-order valence-corrected chi connectivity index (χ0v) is 19.3. The van der Waals surface area contributed by atoms with E-state index in [2.05, 4.69) is 0 Å². The molecule has 0 aliphatic carbocycles. The Labute approximate surface area is 187 Å². The van der Waals surface area contributed by atoms with Crippen molar-refractivity contribution in [2.24, 2.45) is 0 Å². The molecule has 0 saturated heterocycles. The van der Waals surface area contributed by atoms with Crippen LogP contribution in [0.2, 0.25) is 0 Å². The van der Waals surface area contributed by atoms with E-state index in [1.807, 2.05) is 27.7 Å². The van der Waals surface area contributed by atoms with Gasteiger partial charge in [0.25, 0.3) is 0 Å². The van der Waals surface area contributed by atoms with Crippen LogP contribution in [0.4, 0.5) is 9.59 Å². The smallest absolute Gasteiger partial charge is 0.426 e. The zero-order chi connectivity index (χ0) is 23.0. The van der Waals surface area contributed by atoms with E-state index in [0.717, 1.165) is 12.1 Å². The van der Waals surface area contributed by atoms with Gasteiger partial charge >= 0.3 is 12.2 Å². The molecule has 0 heterocycles. The molecule has 0 N–H and O–H groups in total. The Morgan fingerprint density at radius 1 is 0.677 bits per heavy atom. The van der Waals surface area contributed by atoms with Crippen LogP contribution in [-0.4, -0.2) is 47.1 Å². The number of nitrogens with zero attached hydrogens (tertiary/aromatic N) is 2. The van der Waals surface area contributed by atoms with Crippen molar-refractivity contribution in [2.75, 3.05) is 14.1 Å². The molecule has 9 heteroatoms. The summed E-state index contributed by atoms with van der Waals surface area (Å²) in [6.45, 7) is 7.52. The fourth-order valence-electron chi connectivity index (χ4n) is 2.34. The predicted molar refractivity (Wildman–Crippen MR) is 120 cm³/mol. The molecule has 0 saturated carbocycles. The lowest BCUT2D eigenvalue weighted by Gasteiger charge is -2.22. The van der Waals surface area contributed by atoms with Crippen molar-refractivity contribution < 1.29 is 28.5 Å². The summed E-state index contributed by atoms with van der Waals surface area (Å²) in [7, 11) is 2.97. The number of hydrogen-bond acceptors (Lipinski definition) is 7. The monoisotopic (exact) mass is 448 g/mol. The molecule has 2 aromatic carbocycles. The normalized spacial score (nSPS) is 10.6. The number of amides is 2. The van der Waals surface area contributed by atoms with Crippen LogP contribution in [0.3, 0.4) is 0 Å². The van der Waals surface area contributed by atoms with Crippen molar-refractivity contribution in [1.82, 2.24) is 8.61 Å². The van der Waals surface area contributed by atoms with Gasteiger partial charge in [0.15, 0.2) is 23.0 Å². The molecule has 2 aromatic rings. The van der Waals surface area contributed by atoms with Crippen LogP contribution >= 0.6 is 12.1 Å². The fraction of sp³-hybridized carbons (Fsp3) is 0.364. The van der Waals surface area contributed by atoms with Crippen molar-refractivity contribution >= 4 is 24.3 Å². The van der Waals surface area contributed by atoms with E-state index in [1.165, 1.54) is 22.7 Å². The second-order valence-corrected chi connectivity index (χ2v) is 8.30. The van der Waals surface area contributed by atoms with Crippen LogP contribution in [0.5, 0.6) is 23.0 Å². The minimum atomic E-state index is -0.673. The van der Waals surface area contributed by atoms with E-state index in [4.69, 9.17) is 18.9 Å². The third kappa shape index (κ3) is 7.60. The van der Waals surface area contributed by atoms with Gasteiger partial charge in [-0.3, -0.25) is 0 Å². The maximum absolute atomic E-state index is 12.5. The molecule has 0 bridgehead atoms. The molecule has 0 spiro atoms. The second-order valence-electron chi connectivity index (χ2n) is 7.04. The van der Waals surface area contributed by atoms with Crippen molar-refractivity contribution in [1.29, 1.82) is 0 Å². The number of para-hydroxylation sites is 4. The van der Waals surface area contributed by atoms with Gasteiger partial charge in [-0.2, -0.15) is 0 Å². The molecular formula is C22H28N2O6S. The highest BCUT2D eigenvalue weighted by Gasteiger charge is 2.22. The maximum Gasteiger partial charge on any atom is 0.426 e. The summed E-state index contributed by atoms with van der Waals surface area (Å²) in [5.41, 5.74) is 0. The second kappa shape index (κ2) is 11.4. The lowest BCUT2D eigenvalue weighted by Crippen LogP contribution is -2.32. The first kappa shape index (κ1) is 24.2. The number of ether oxygens (including phenoxy) is 4. The molecule has 0 aliphatic heterocycles. The standard InChI is InChI=1S/C22H28N2O6S/c1-15(2)27-17-11-7-9-13-19(17)29-21(25)23(5)31-24(6)22(26)30-20-14-10-8-12-18(20)28-16(3)4/h7-16H,1-6H3. The van der Waals surface area contributed by atoms with Gasteiger partial charge < -0.3 is 18.9 Å². The number of rotatable bonds is 8. The Morgan fingerprint density at radius 2 is 1.00 bits per heavy atom. The van der Waals surface area contributed by atoms with E-state index >= 15 is 0 Å². The van der Waals surface area contributed by atoms with Gasteiger partial charge in [-0.15, -0.1) is 0 Å². The number of hydrogen-bond donors (Lipinski definition) is 0. The number of carbonyl (C=O) groups is 2. The highest BCUT2D eigenvalue weighted by molar-refractivity contribution is 7.95. The first-order valence-corrected chi connectivity index (χ1v) is 10.5. The van der Waals surface area contributed by atoms with Gasteiger partial charge in [0.05, 0.1) is 24.3 Å². The number of benzene rings is 2. The Hall–Kier alpha value is -3.07. The van der Waals surface area contributed by atoms with Crippen LogP contribution in [0.1, 0.15) is 27.7 Å². The molecule has 0 aliphatic rings. The van der Waals surface area contributed by atoms with Crippen molar-refractivity contribution in [2.45, 2.75) is 39.9 Å². The third-order valence-electron chi connectivity index (χ3n) is 3.58. The summed E-state index contributed by atoms with van der Waals surface area (Å²) in [4.78, 5) is 24.9. The molecule has 0 unspecified atom stereocenters. The molecule has 0 atom stereocenters. The van der Waals surface area contributed by atoms with Crippen molar-refractivity contribution in [3.63, 3.8) is 0 Å². The number of carbonyl (C=O) groups excluding carboxylic acids is 2. The summed E-state index contributed by atoms with van der Waals surface area (Å²) in [6, 6.07) is 13.8. The quantitative estimate of drug-likeness (QED) is 0.501. The minimum absolute atomic E-state index is 0.0737. The van der Waals surface area contributed by atoms with Crippen LogP contribution in [0.15, 0.2) is 48.5 Å². The molecule has 8 nitrogen and oxygen atoms in total. The SMILES string of the molecule is CC(C)Oc1ccccc1OC(=O)N(C)SN(C)C(=O)Oc1ccccc1OC(C)C. The third-order valence-corrected chi connectivity index (χ3v) is 4.37. The summed E-state index contributed by atoms with van der Waals surface area (Å²) in [5.74, 6) is 1.50. The molecule has 0 fully saturated rings. The molecule has 0 aromatic heterocycles. The molecule has 31 heavy (non-hydrogen) atoms. The van der Waals surface area contributed by atoms with Crippen LogP contribution < -0.4 is 18.9 Å². The average Bonchev–Trinajstić information content (AvgIpc) is 2.70. The van der Waals surface area contributed by atoms with Gasteiger partial charge in [0.1, 0.15) is 0 Å². The van der Waals surface area contributed by atoms with Crippen LogP contribution in [0.25, 0.3) is 0 Å². The first-order chi connectivity index (χ1) is 14.7. The topological polar surface area (TPSA) is 77.5 Å². The van der Waals surface area contributed by atoms with Gasteiger partial charge in [-0.25, -0.2) is 18.2 Å². The van der Waals surface area contributed by atoms with Gasteiger partial charge in [-0.1, -0.05) is 24.3 Å². The Kier molecular flexibility index (Phi) is 8.87. The molecular weight excluding hydrogens is 420 g/mol. The van der Waals surface area contributed by atoms with Crippen LogP contribution in [-0.2, 0) is 0 Å². The largest absolute Gasteiger partial charge is 0.487 e. The van der Waals surface area contributed by atoms with Crippen molar-refractivity contribution in [3.05, 3.63) is 48.5 Å². The fourth-order valence-corrected chi connectivity index (χ4v) is 2.91. The zero-order valence-electron chi connectivity index (χ0n) is 18.5. The predicted octanol–water partition coefficient (Wildman–Crippen LogP) is 5.39. The lowest BCUT2D eigenvalue weighted by atomic mass is 10.3. The minimum Gasteiger partial charge on any atom is -0.487 e. The first-order valence-electron chi connectivity index (χ1n) is 9.78. The summed E-state index contributed by atoms with van der Waals surface area (Å²) < 4.78 is 24.5. The molecule has 0 radical (unpaired) electrons. The Bertz CT molecular complexity index is 818. The Morgan fingerprint density at radius 3 is 1.32 bits per heavy atom. The van der Waals surface area contributed by atoms with E-state index in [9.17, 15) is 9.59 Å². The van der Waals surface area contributed by atoms with E-state index in [1.54, 1.807) is 48.5 Å². The summed E-state index contributed by atoms with van der Waals surface area (Å²) >= 11 is 0.830. The van der Waals surface area contributed by atoms with E-state index in [-0.39, 0.29) is 12.2 Å². The summed E-state index contributed by atoms with van der Waals surface area (Å²) in [5, 5.41) is 0. The highest BCUT2D eigenvalue weighted by Crippen LogP contribution is 2.30. The Balaban J connectivity index is 1.97. The van der Waals surface area contributed by atoms with Gasteiger partial charge in [-0.05, 0) is 52.0 Å². The average molecular weight is 449 g/mol. The maximum atomic E-state index is 12.5. The van der Waals surface area contributed by atoms with Crippen molar-refractivity contribution in [3.8, 4) is 23.0 Å². The van der Waals surface area contributed by atoms with Gasteiger partial charge in [0, 0.05) is 14.1 Å².